The molecule has 0 aromatic heterocycles. The molecule has 1 unspecified atom stereocenters. The Hall–Kier alpha value is -0.120. The van der Waals surface area contributed by atoms with Gasteiger partial charge < -0.3 is 4.90 Å². The normalized spacial score (nSPS) is 27.0. The highest BCUT2D eigenvalue weighted by Gasteiger charge is 2.31. The van der Waals surface area contributed by atoms with Crippen molar-refractivity contribution < 1.29 is 0 Å². The molecule has 2 heterocycles. The molecule has 3 nitrogen and oxygen atoms in total. The molecule has 2 aliphatic rings. The first-order valence-corrected chi connectivity index (χ1v) is 9.97. The van der Waals surface area contributed by atoms with Crippen molar-refractivity contribution in [2.24, 2.45) is 11.3 Å². The SMILES string of the molecule is CC(C)[C@H](C)N1CCN(C2CCN(CCCC(C)(C)C)C2)CC1. The van der Waals surface area contributed by atoms with Gasteiger partial charge in [-0.05, 0) is 50.6 Å². The number of hydrogen-bond acceptors (Lipinski definition) is 3. The Labute approximate surface area is 145 Å². The van der Waals surface area contributed by atoms with Gasteiger partial charge in [-0.3, -0.25) is 9.80 Å². The summed E-state index contributed by atoms with van der Waals surface area (Å²) in [6, 6.07) is 1.55. The lowest BCUT2D eigenvalue weighted by Crippen LogP contribution is -2.54. The molecule has 0 aliphatic carbocycles. The van der Waals surface area contributed by atoms with Crippen LogP contribution < -0.4 is 0 Å². The highest BCUT2D eigenvalue weighted by atomic mass is 15.3. The molecule has 136 valence electrons. The zero-order chi connectivity index (χ0) is 17.0. The van der Waals surface area contributed by atoms with Crippen molar-refractivity contribution in [3.8, 4) is 0 Å². The van der Waals surface area contributed by atoms with Crippen molar-refractivity contribution in [2.75, 3.05) is 45.8 Å². The largest absolute Gasteiger partial charge is 0.302 e. The molecule has 23 heavy (non-hydrogen) atoms. The number of piperazine rings is 1. The van der Waals surface area contributed by atoms with Crippen LogP contribution in [0.4, 0.5) is 0 Å². The van der Waals surface area contributed by atoms with Gasteiger partial charge in [0.2, 0.25) is 0 Å². The predicted octanol–water partition coefficient (Wildman–Crippen LogP) is 3.55. The van der Waals surface area contributed by atoms with Gasteiger partial charge in [0.25, 0.3) is 0 Å². The summed E-state index contributed by atoms with van der Waals surface area (Å²) in [6.45, 7) is 23.2. The summed E-state index contributed by atoms with van der Waals surface area (Å²) in [5.74, 6) is 0.770. The van der Waals surface area contributed by atoms with Crippen LogP contribution in [0.3, 0.4) is 0 Å². The van der Waals surface area contributed by atoms with E-state index in [9.17, 15) is 0 Å². The predicted molar refractivity (Wildman–Crippen MR) is 101 cm³/mol. The molecule has 0 aromatic carbocycles. The third-order valence-corrected chi connectivity index (χ3v) is 6.05. The second kappa shape index (κ2) is 8.31. The van der Waals surface area contributed by atoms with E-state index in [4.69, 9.17) is 0 Å². The van der Waals surface area contributed by atoms with Crippen LogP contribution in [-0.2, 0) is 0 Å². The highest BCUT2D eigenvalue weighted by Crippen LogP contribution is 2.23. The summed E-state index contributed by atoms with van der Waals surface area (Å²) in [7, 11) is 0. The van der Waals surface area contributed by atoms with Gasteiger partial charge in [0.15, 0.2) is 0 Å². The van der Waals surface area contributed by atoms with E-state index in [1.165, 1.54) is 65.1 Å². The molecule has 0 spiro atoms. The van der Waals surface area contributed by atoms with Crippen LogP contribution in [0.25, 0.3) is 0 Å². The fourth-order valence-electron chi connectivity index (χ4n) is 4.08. The summed E-state index contributed by atoms with van der Waals surface area (Å²) in [6.07, 6.45) is 4.09. The van der Waals surface area contributed by atoms with Crippen molar-refractivity contribution in [1.29, 1.82) is 0 Å². The molecule has 0 radical (unpaired) electrons. The van der Waals surface area contributed by atoms with Gasteiger partial charge in [0.05, 0.1) is 0 Å². The first-order valence-electron chi connectivity index (χ1n) is 9.97. The molecular formula is C20H41N3. The van der Waals surface area contributed by atoms with Crippen LogP contribution >= 0.6 is 0 Å². The van der Waals surface area contributed by atoms with Gasteiger partial charge in [-0.25, -0.2) is 0 Å². The minimum Gasteiger partial charge on any atom is -0.302 e. The quantitative estimate of drug-likeness (QED) is 0.740. The van der Waals surface area contributed by atoms with E-state index in [2.05, 4.69) is 56.2 Å². The summed E-state index contributed by atoms with van der Waals surface area (Å²) < 4.78 is 0. The average molecular weight is 324 g/mol. The van der Waals surface area contributed by atoms with Crippen LogP contribution in [0.15, 0.2) is 0 Å². The Morgan fingerprint density at radius 1 is 0.957 bits per heavy atom. The molecule has 0 amide bonds. The maximum absolute atomic E-state index is 2.77. The molecule has 2 rings (SSSR count). The summed E-state index contributed by atoms with van der Waals surface area (Å²) in [4.78, 5) is 8.17. The molecule has 2 atom stereocenters. The molecule has 2 saturated heterocycles. The minimum atomic E-state index is 0.489. The maximum atomic E-state index is 2.77. The smallest absolute Gasteiger partial charge is 0.0236 e. The standard InChI is InChI=1S/C20H41N3/c1-17(2)18(3)22-12-14-23(15-13-22)19-8-11-21(16-19)10-7-9-20(4,5)6/h17-19H,7-16H2,1-6H3/t18-,19?/m0/s1. The molecule has 3 heteroatoms. The summed E-state index contributed by atoms with van der Waals surface area (Å²) in [5.41, 5.74) is 0.489. The molecule has 2 fully saturated rings. The number of likely N-dealkylation sites (tertiary alicyclic amines) is 1. The van der Waals surface area contributed by atoms with Gasteiger partial charge in [-0.1, -0.05) is 34.6 Å². The molecule has 0 bridgehead atoms. The van der Waals surface area contributed by atoms with Crippen LogP contribution in [0.2, 0.25) is 0 Å². The zero-order valence-corrected chi connectivity index (χ0v) is 16.6. The van der Waals surface area contributed by atoms with Crippen LogP contribution in [0.1, 0.15) is 60.8 Å². The lowest BCUT2D eigenvalue weighted by Gasteiger charge is -2.41. The van der Waals surface area contributed by atoms with Crippen molar-refractivity contribution in [3.63, 3.8) is 0 Å². The number of hydrogen-bond donors (Lipinski definition) is 0. The Kier molecular flexibility index (Phi) is 6.94. The van der Waals surface area contributed by atoms with Crippen LogP contribution in [0.5, 0.6) is 0 Å². The molecule has 0 aromatic rings. The van der Waals surface area contributed by atoms with Gasteiger partial charge in [-0.15, -0.1) is 0 Å². The van der Waals surface area contributed by atoms with E-state index in [1.54, 1.807) is 0 Å². The molecule has 0 N–H and O–H groups in total. The van der Waals surface area contributed by atoms with E-state index in [0.29, 0.717) is 5.41 Å². The van der Waals surface area contributed by atoms with Gasteiger partial charge in [-0.2, -0.15) is 0 Å². The summed E-state index contributed by atoms with van der Waals surface area (Å²) >= 11 is 0. The lowest BCUT2D eigenvalue weighted by atomic mass is 9.90. The van der Waals surface area contributed by atoms with E-state index >= 15 is 0 Å². The Balaban J connectivity index is 1.68. The Bertz CT molecular complexity index is 339. The fourth-order valence-corrected chi connectivity index (χ4v) is 4.08. The molecule has 0 saturated carbocycles. The van der Waals surface area contributed by atoms with Crippen LogP contribution in [0, 0.1) is 11.3 Å². The lowest BCUT2D eigenvalue weighted by molar-refractivity contribution is 0.0618. The zero-order valence-electron chi connectivity index (χ0n) is 16.6. The first-order chi connectivity index (χ1) is 10.8. The first kappa shape index (κ1) is 19.2. The van der Waals surface area contributed by atoms with Crippen molar-refractivity contribution >= 4 is 0 Å². The summed E-state index contributed by atoms with van der Waals surface area (Å²) in [5, 5.41) is 0. The number of rotatable bonds is 6. The van der Waals surface area contributed by atoms with E-state index < -0.39 is 0 Å². The third kappa shape index (κ3) is 6.03. The monoisotopic (exact) mass is 323 g/mol. The van der Waals surface area contributed by atoms with Crippen molar-refractivity contribution in [1.82, 2.24) is 14.7 Å². The van der Waals surface area contributed by atoms with Gasteiger partial charge in [0, 0.05) is 44.8 Å². The second-order valence-electron chi connectivity index (χ2n) is 9.46. The number of nitrogens with zero attached hydrogens (tertiary/aromatic N) is 3. The second-order valence-corrected chi connectivity index (χ2v) is 9.46. The fraction of sp³-hybridized carbons (Fsp3) is 1.00. The molecular weight excluding hydrogens is 282 g/mol. The Morgan fingerprint density at radius 3 is 2.17 bits per heavy atom. The maximum Gasteiger partial charge on any atom is 0.0236 e. The van der Waals surface area contributed by atoms with Crippen LogP contribution in [-0.4, -0.2) is 72.6 Å². The third-order valence-electron chi connectivity index (χ3n) is 6.05. The minimum absolute atomic E-state index is 0.489. The van der Waals surface area contributed by atoms with Crippen molar-refractivity contribution in [2.45, 2.75) is 72.9 Å². The van der Waals surface area contributed by atoms with Gasteiger partial charge in [0.1, 0.15) is 0 Å². The molecule has 2 aliphatic heterocycles. The highest BCUT2D eigenvalue weighted by molar-refractivity contribution is 4.87. The van der Waals surface area contributed by atoms with E-state index in [0.717, 1.165) is 18.0 Å². The Morgan fingerprint density at radius 2 is 1.61 bits per heavy atom. The van der Waals surface area contributed by atoms with Crippen molar-refractivity contribution in [3.05, 3.63) is 0 Å². The average Bonchev–Trinajstić information content (AvgIpc) is 2.94. The topological polar surface area (TPSA) is 9.72 Å². The van der Waals surface area contributed by atoms with Gasteiger partial charge >= 0.3 is 0 Å². The van der Waals surface area contributed by atoms with E-state index in [-0.39, 0.29) is 0 Å². The van der Waals surface area contributed by atoms with E-state index in [1.807, 2.05) is 0 Å².